The first kappa shape index (κ1) is 8.02. The first-order valence-corrected chi connectivity index (χ1v) is 4.09. The van der Waals surface area contributed by atoms with Crippen LogP contribution >= 0.6 is 0 Å². The van der Waals surface area contributed by atoms with Gasteiger partial charge in [0.25, 0.3) is 0 Å². The monoisotopic (exact) mass is 143 g/mol. The van der Waals surface area contributed by atoms with E-state index in [0.717, 1.165) is 25.7 Å². The van der Waals surface area contributed by atoms with Gasteiger partial charge in [-0.1, -0.05) is 6.92 Å². The maximum atomic E-state index is 9.78. The van der Waals surface area contributed by atoms with Crippen LogP contribution in [0.2, 0.25) is 0 Å². The topological polar surface area (TPSA) is 46.2 Å². The van der Waals surface area contributed by atoms with E-state index >= 15 is 0 Å². The molecule has 0 amide bonds. The fraction of sp³-hybridized carbons (Fsp3) is 1.00. The lowest BCUT2D eigenvalue weighted by Crippen LogP contribution is -2.27. The van der Waals surface area contributed by atoms with Crippen molar-refractivity contribution in [1.82, 2.24) is 0 Å². The highest BCUT2D eigenvalue weighted by Gasteiger charge is 2.33. The van der Waals surface area contributed by atoms with E-state index in [2.05, 4.69) is 6.92 Å². The molecular weight excluding hydrogens is 126 g/mol. The van der Waals surface area contributed by atoms with Crippen molar-refractivity contribution in [3.63, 3.8) is 0 Å². The van der Waals surface area contributed by atoms with Gasteiger partial charge in [0.2, 0.25) is 0 Å². The molecule has 1 rings (SSSR count). The molecule has 0 radical (unpaired) electrons. The van der Waals surface area contributed by atoms with Gasteiger partial charge in [-0.2, -0.15) is 0 Å². The molecule has 0 aromatic heterocycles. The van der Waals surface area contributed by atoms with Gasteiger partial charge in [-0.3, -0.25) is 0 Å². The van der Waals surface area contributed by atoms with Crippen LogP contribution in [0.5, 0.6) is 0 Å². The van der Waals surface area contributed by atoms with Gasteiger partial charge in [0.15, 0.2) is 0 Å². The van der Waals surface area contributed by atoms with E-state index in [1.54, 1.807) is 0 Å². The SMILES string of the molecule is CC1CCC(O)(CCN)C1. The predicted octanol–water partition coefficient (Wildman–Crippen LogP) is 0.886. The summed E-state index contributed by atoms with van der Waals surface area (Å²) in [7, 11) is 0. The Balaban J connectivity index is 2.38. The number of nitrogens with two attached hydrogens (primary N) is 1. The fourth-order valence-corrected chi connectivity index (χ4v) is 1.86. The first-order valence-electron chi connectivity index (χ1n) is 4.09. The molecule has 1 saturated carbocycles. The van der Waals surface area contributed by atoms with Crippen LogP contribution in [0.15, 0.2) is 0 Å². The summed E-state index contributed by atoms with van der Waals surface area (Å²) in [6.07, 6.45) is 3.84. The minimum absolute atomic E-state index is 0.409. The first-order chi connectivity index (χ1) is 4.66. The number of rotatable bonds is 2. The Kier molecular flexibility index (Phi) is 2.32. The lowest BCUT2D eigenvalue weighted by Gasteiger charge is -2.20. The van der Waals surface area contributed by atoms with Crippen LogP contribution in [-0.4, -0.2) is 17.3 Å². The zero-order valence-electron chi connectivity index (χ0n) is 6.64. The second-order valence-corrected chi connectivity index (χ2v) is 3.61. The maximum Gasteiger partial charge on any atom is 0.0662 e. The lowest BCUT2D eigenvalue weighted by molar-refractivity contribution is 0.0379. The summed E-state index contributed by atoms with van der Waals surface area (Å²) in [5.41, 5.74) is 4.97. The van der Waals surface area contributed by atoms with Gasteiger partial charge >= 0.3 is 0 Å². The molecule has 10 heavy (non-hydrogen) atoms. The number of hydrogen-bond donors (Lipinski definition) is 2. The van der Waals surface area contributed by atoms with Crippen LogP contribution in [0.4, 0.5) is 0 Å². The van der Waals surface area contributed by atoms with Crippen molar-refractivity contribution in [2.24, 2.45) is 11.7 Å². The molecule has 60 valence electrons. The second-order valence-electron chi connectivity index (χ2n) is 3.61. The van der Waals surface area contributed by atoms with Crippen LogP contribution in [0.1, 0.15) is 32.6 Å². The predicted molar refractivity (Wildman–Crippen MR) is 41.6 cm³/mol. The van der Waals surface area contributed by atoms with Crippen LogP contribution in [-0.2, 0) is 0 Å². The van der Waals surface area contributed by atoms with Crippen molar-refractivity contribution in [3.8, 4) is 0 Å². The fourth-order valence-electron chi connectivity index (χ4n) is 1.86. The molecule has 2 nitrogen and oxygen atoms in total. The summed E-state index contributed by atoms with van der Waals surface area (Å²) in [6.45, 7) is 2.80. The molecule has 1 fully saturated rings. The van der Waals surface area contributed by atoms with E-state index in [9.17, 15) is 5.11 Å². The second kappa shape index (κ2) is 2.89. The molecule has 2 unspecified atom stereocenters. The van der Waals surface area contributed by atoms with Crippen LogP contribution in [0.3, 0.4) is 0 Å². The van der Waals surface area contributed by atoms with E-state index in [1.165, 1.54) is 0 Å². The minimum atomic E-state index is -0.409. The van der Waals surface area contributed by atoms with Gasteiger partial charge in [-0.05, 0) is 38.1 Å². The largest absolute Gasteiger partial charge is 0.390 e. The van der Waals surface area contributed by atoms with Crippen LogP contribution in [0, 0.1) is 5.92 Å². The van der Waals surface area contributed by atoms with Gasteiger partial charge in [0.1, 0.15) is 0 Å². The molecule has 0 saturated heterocycles. The number of hydrogen-bond acceptors (Lipinski definition) is 2. The summed E-state index contributed by atoms with van der Waals surface area (Å²) in [4.78, 5) is 0. The van der Waals surface area contributed by atoms with Gasteiger partial charge in [0.05, 0.1) is 5.60 Å². The molecular formula is C8H17NO. The lowest BCUT2D eigenvalue weighted by atomic mass is 9.97. The summed E-state index contributed by atoms with van der Waals surface area (Å²) in [5.74, 6) is 0.691. The average molecular weight is 143 g/mol. The summed E-state index contributed by atoms with van der Waals surface area (Å²) in [5, 5.41) is 9.78. The maximum absolute atomic E-state index is 9.78. The standard InChI is InChI=1S/C8H17NO/c1-7-2-3-8(10,6-7)4-5-9/h7,10H,2-6,9H2,1H3. The smallest absolute Gasteiger partial charge is 0.0662 e. The van der Waals surface area contributed by atoms with E-state index in [-0.39, 0.29) is 0 Å². The Hall–Kier alpha value is -0.0800. The molecule has 0 spiro atoms. The Labute approximate surface area is 62.4 Å². The van der Waals surface area contributed by atoms with Crippen molar-refractivity contribution in [2.45, 2.75) is 38.2 Å². The highest BCUT2D eigenvalue weighted by molar-refractivity contribution is 4.87. The summed E-state index contributed by atoms with van der Waals surface area (Å²) < 4.78 is 0. The Bertz CT molecular complexity index is 112. The van der Waals surface area contributed by atoms with Crippen molar-refractivity contribution in [2.75, 3.05) is 6.54 Å². The molecule has 2 atom stereocenters. The van der Waals surface area contributed by atoms with Crippen molar-refractivity contribution in [1.29, 1.82) is 0 Å². The van der Waals surface area contributed by atoms with E-state index in [0.29, 0.717) is 12.5 Å². The van der Waals surface area contributed by atoms with Crippen molar-refractivity contribution in [3.05, 3.63) is 0 Å². The van der Waals surface area contributed by atoms with Gasteiger partial charge in [-0.25, -0.2) is 0 Å². The summed E-state index contributed by atoms with van der Waals surface area (Å²) in [6, 6.07) is 0. The molecule has 0 aromatic carbocycles. The molecule has 0 aromatic rings. The normalized spacial score (nSPS) is 40.5. The van der Waals surface area contributed by atoms with Gasteiger partial charge < -0.3 is 10.8 Å². The van der Waals surface area contributed by atoms with E-state index in [1.807, 2.05) is 0 Å². The van der Waals surface area contributed by atoms with Gasteiger partial charge in [0, 0.05) is 0 Å². The van der Waals surface area contributed by atoms with Crippen LogP contribution < -0.4 is 5.73 Å². The third-order valence-corrected chi connectivity index (χ3v) is 2.44. The Morgan fingerprint density at radius 1 is 1.70 bits per heavy atom. The molecule has 2 heteroatoms. The Morgan fingerprint density at radius 2 is 2.40 bits per heavy atom. The molecule has 1 aliphatic rings. The molecule has 0 heterocycles. The molecule has 1 aliphatic carbocycles. The third kappa shape index (κ3) is 1.70. The third-order valence-electron chi connectivity index (χ3n) is 2.44. The average Bonchev–Trinajstić information content (AvgIpc) is 2.12. The number of aliphatic hydroxyl groups is 1. The molecule has 0 bridgehead atoms. The van der Waals surface area contributed by atoms with E-state index in [4.69, 9.17) is 5.73 Å². The highest BCUT2D eigenvalue weighted by Crippen LogP contribution is 2.35. The zero-order chi connectivity index (χ0) is 7.61. The van der Waals surface area contributed by atoms with E-state index < -0.39 is 5.60 Å². The van der Waals surface area contributed by atoms with Crippen molar-refractivity contribution >= 4 is 0 Å². The molecule has 3 N–H and O–H groups in total. The summed E-state index contributed by atoms with van der Waals surface area (Å²) >= 11 is 0. The Morgan fingerprint density at radius 3 is 2.80 bits per heavy atom. The van der Waals surface area contributed by atoms with Gasteiger partial charge in [-0.15, -0.1) is 0 Å². The van der Waals surface area contributed by atoms with Crippen LogP contribution in [0.25, 0.3) is 0 Å². The molecule has 0 aliphatic heterocycles. The highest BCUT2D eigenvalue weighted by atomic mass is 16.3. The zero-order valence-corrected chi connectivity index (χ0v) is 6.64. The van der Waals surface area contributed by atoms with Crippen molar-refractivity contribution < 1.29 is 5.11 Å². The minimum Gasteiger partial charge on any atom is -0.390 e. The quantitative estimate of drug-likeness (QED) is 0.603.